The highest BCUT2D eigenvalue weighted by Gasteiger charge is 2.08. The minimum absolute atomic E-state index is 0.359. The summed E-state index contributed by atoms with van der Waals surface area (Å²) in [5.41, 5.74) is 2.25. The van der Waals surface area contributed by atoms with E-state index in [0.717, 1.165) is 17.5 Å². The number of carbonyl (C=O) groups is 1. The van der Waals surface area contributed by atoms with Crippen molar-refractivity contribution < 1.29 is 14.6 Å². The molecular weight excluding hydrogens is 384 g/mol. The molecule has 0 aliphatic rings. The van der Waals surface area contributed by atoms with Gasteiger partial charge < -0.3 is 9.84 Å². The molecule has 0 bridgehead atoms. The molecule has 0 radical (unpaired) electrons. The van der Waals surface area contributed by atoms with Crippen LogP contribution in [0.5, 0.6) is 0 Å². The van der Waals surface area contributed by atoms with Gasteiger partial charge in [-0.1, -0.05) is 106 Å². The van der Waals surface area contributed by atoms with Crippen LogP contribution in [-0.2, 0) is 9.53 Å². The Bertz CT molecular complexity index is 726. The highest BCUT2D eigenvalue weighted by atomic mass is 16.5. The van der Waals surface area contributed by atoms with Crippen LogP contribution in [0.15, 0.2) is 60.2 Å². The lowest BCUT2D eigenvalue weighted by Crippen LogP contribution is -2.05. The number of aliphatic carboxylic acids is 1. The van der Waals surface area contributed by atoms with Crippen molar-refractivity contribution in [2.24, 2.45) is 0 Å². The Kier molecular flexibility index (Phi) is 15.8. The summed E-state index contributed by atoms with van der Waals surface area (Å²) < 4.78 is 5.30. The summed E-state index contributed by atoms with van der Waals surface area (Å²) in [7, 11) is 0. The minimum atomic E-state index is -0.899. The van der Waals surface area contributed by atoms with Gasteiger partial charge in [0.1, 0.15) is 0 Å². The second kappa shape index (κ2) is 18.4. The molecular formula is C28H40O3. The van der Waals surface area contributed by atoms with Crippen molar-refractivity contribution in [3.63, 3.8) is 0 Å². The lowest BCUT2D eigenvalue weighted by atomic mass is 10.0. The second-order valence-electron chi connectivity index (χ2n) is 7.63. The Morgan fingerprint density at radius 3 is 2.29 bits per heavy atom. The monoisotopic (exact) mass is 424 g/mol. The molecule has 0 aromatic heterocycles. The van der Waals surface area contributed by atoms with Crippen molar-refractivity contribution in [3.05, 3.63) is 71.3 Å². The third-order valence-corrected chi connectivity index (χ3v) is 5.04. The van der Waals surface area contributed by atoms with Crippen molar-refractivity contribution in [2.45, 2.75) is 71.6 Å². The van der Waals surface area contributed by atoms with Crippen LogP contribution in [0.1, 0.15) is 82.8 Å². The van der Waals surface area contributed by atoms with Gasteiger partial charge in [-0.3, -0.25) is 0 Å². The molecule has 31 heavy (non-hydrogen) atoms. The molecule has 0 spiro atoms. The highest BCUT2D eigenvalue weighted by molar-refractivity contribution is 5.92. The molecule has 170 valence electrons. The Hall–Kier alpha value is -2.39. The van der Waals surface area contributed by atoms with E-state index in [9.17, 15) is 9.90 Å². The first-order chi connectivity index (χ1) is 15.2. The number of ether oxygens (including phenoxy) is 1. The number of carboxylic acid groups (broad SMARTS) is 1. The SMILES string of the molecule is CCCCCCCCCC=CC=CC=Cc1ccccc1C=C(CCOCC)C(=O)O. The molecule has 0 atom stereocenters. The van der Waals surface area contributed by atoms with Gasteiger partial charge in [-0.25, -0.2) is 4.79 Å². The molecule has 0 fully saturated rings. The molecule has 1 rings (SSSR count). The van der Waals surface area contributed by atoms with Crippen molar-refractivity contribution in [1.82, 2.24) is 0 Å². The molecule has 0 saturated carbocycles. The number of unbranched alkanes of at least 4 members (excludes halogenated alkanes) is 7. The van der Waals surface area contributed by atoms with E-state index in [4.69, 9.17) is 4.74 Å². The Morgan fingerprint density at radius 2 is 1.58 bits per heavy atom. The summed E-state index contributed by atoms with van der Waals surface area (Å²) in [4.78, 5) is 11.5. The summed E-state index contributed by atoms with van der Waals surface area (Å²) in [5, 5.41) is 9.46. The molecule has 0 amide bonds. The van der Waals surface area contributed by atoms with E-state index in [1.165, 1.54) is 44.9 Å². The van der Waals surface area contributed by atoms with Crippen LogP contribution >= 0.6 is 0 Å². The van der Waals surface area contributed by atoms with Gasteiger partial charge in [0, 0.05) is 18.6 Å². The Balaban J connectivity index is 2.50. The van der Waals surface area contributed by atoms with E-state index in [-0.39, 0.29) is 0 Å². The van der Waals surface area contributed by atoms with Crippen molar-refractivity contribution in [2.75, 3.05) is 13.2 Å². The normalized spacial score (nSPS) is 12.5. The first-order valence-corrected chi connectivity index (χ1v) is 11.8. The van der Waals surface area contributed by atoms with Crippen molar-refractivity contribution >= 4 is 18.1 Å². The maximum Gasteiger partial charge on any atom is 0.331 e. The third kappa shape index (κ3) is 13.5. The zero-order chi connectivity index (χ0) is 22.6. The molecule has 1 aromatic rings. The minimum Gasteiger partial charge on any atom is -0.478 e. The molecule has 1 aromatic carbocycles. The number of hydrogen-bond donors (Lipinski definition) is 1. The standard InChI is InChI=1S/C28H40O3/c1-3-5-6-7-8-9-10-11-12-13-14-15-16-19-25-20-17-18-21-26(25)24-27(28(29)30)22-23-31-4-2/h12-21,24H,3-11,22-23H2,1-2H3,(H,29,30). The van der Waals surface area contributed by atoms with Crippen LogP contribution in [0, 0.1) is 0 Å². The van der Waals surface area contributed by atoms with E-state index in [0.29, 0.717) is 25.2 Å². The summed E-state index contributed by atoms with van der Waals surface area (Å²) in [6.07, 6.45) is 25.0. The average molecular weight is 425 g/mol. The van der Waals surface area contributed by atoms with Gasteiger partial charge in [-0.15, -0.1) is 0 Å². The first-order valence-electron chi connectivity index (χ1n) is 11.8. The molecule has 0 heterocycles. The van der Waals surface area contributed by atoms with Gasteiger partial charge in [-0.05, 0) is 37.0 Å². The van der Waals surface area contributed by atoms with Gasteiger partial charge in [0.2, 0.25) is 0 Å². The van der Waals surface area contributed by atoms with Crippen LogP contribution in [-0.4, -0.2) is 24.3 Å². The van der Waals surface area contributed by atoms with Crippen LogP contribution in [0.2, 0.25) is 0 Å². The lowest BCUT2D eigenvalue weighted by Gasteiger charge is -2.05. The Morgan fingerprint density at radius 1 is 0.903 bits per heavy atom. The van der Waals surface area contributed by atoms with Gasteiger partial charge in [-0.2, -0.15) is 0 Å². The predicted molar refractivity (Wildman–Crippen MR) is 133 cm³/mol. The summed E-state index contributed by atoms with van der Waals surface area (Å²) in [6.45, 7) is 5.17. The largest absolute Gasteiger partial charge is 0.478 e. The molecule has 1 N–H and O–H groups in total. The molecule has 3 heteroatoms. The fourth-order valence-electron chi connectivity index (χ4n) is 3.23. The maximum atomic E-state index is 11.5. The fourth-order valence-corrected chi connectivity index (χ4v) is 3.23. The number of hydrogen-bond acceptors (Lipinski definition) is 2. The van der Waals surface area contributed by atoms with Crippen LogP contribution in [0.4, 0.5) is 0 Å². The zero-order valence-corrected chi connectivity index (χ0v) is 19.4. The maximum absolute atomic E-state index is 11.5. The number of carboxylic acids is 1. The molecule has 0 unspecified atom stereocenters. The summed E-state index contributed by atoms with van der Waals surface area (Å²) >= 11 is 0. The van der Waals surface area contributed by atoms with E-state index in [2.05, 4.69) is 19.1 Å². The second-order valence-corrected chi connectivity index (χ2v) is 7.63. The average Bonchev–Trinajstić information content (AvgIpc) is 2.77. The van der Waals surface area contributed by atoms with E-state index >= 15 is 0 Å². The van der Waals surface area contributed by atoms with Gasteiger partial charge in [0.25, 0.3) is 0 Å². The van der Waals surface area contributed by atoms with Crippen LogP contribution < -0.4 is 0 Å². The zero-order valence-electron chi connectivity index (χ0n) is 19.4. The highest BCUT2D eigenvalue weighted by Crippen LogP contribution is 2.17. The topological polar surface area (TPSA) is 46.5 Å². The van der Waals surface area contributed by atoms with Crippen LogP contribution in [0.25, 0.3) is 12.2 Å². The van der Waals surface area contributed by atoms with Gasteiger partial charge in [0.15, 0.2) is 0 Å². The summed E-state index contributed by atoms with van der Waals surface area (Å²) in [6, 6.07) is 7.82. The molecule has 0 saturated heterocycles. The summed E-state index contributed by atoms with van der Waals surface area (Å²) in [5.74, 6) is -0.899. The number of rotatable bonds is 17. The number of benzene rings is 1. The van der Waals surface area contributed by atoms with E-state index < -0.39 is 5.97 Å². The van der Waals surface area contributed by atoms with Gasteiger partial charge in [0.05, 0.1) is 6.61 Å². The Labute approximate surface area is 189 Å². The van der Waals surface area contributed by atoms with Crippen LogP contribution in [0.3, 0.4) is 0 Å². The van der Waals surface area contributed by atoms with Crippen molar-refractivity contribution in [3.8, 4) is 0 Å². The van der Waals surface area contributed by atoms with E-state index in [1.807, 2.05) is 55.5 Å². The molecule has 0 aliphatic heterocycles. The molecule has 0 aliphatic carbocycles. The lowest BCUT2D eigenvalue weighted by molar-refractivity contribution is -0.132. The van der Waals surface area contributed by atoms with E-state index in [1.54, 1.807) is 6.08 Å². The first kappa shape index (κ1) is 26.6. The van der Waals surface area contributed by atoms with Gasteiger partial charge >= 0.3 is 5.97 Å². The quantitative estimate of drug-likeness (QED) is 0.157. The van der Waals surface area contributed by atoms with Crippen molar-refractivity contribution in [1.29, 1.82) is 0 Å². The fraction of sp³-hybridized carbons (Fsp3) is 0.464. The predicted octanol–water partition coefficient (Wildman–Crippen LogP) is 7.85. The number of allylic oxidation sites excluding steroid dienone is 5. The smallest absolute Gasteiger partial charge is 0.331 e. The molecule has 3 nitrogen and oxygen atoms in total. The third-order valence-electron chi connectivity index (χ3n) is 5.04.